The van der Waals surface area contributed by atoms with E-state index in [1.807, 2.05) is 41.0 Å². The Hall–Kier alpha value is -3.89. The number of carbonyl (C=O) groups is 2. The van der Waals surface area contributed by atoms with Crippen molar-refractivity contribution in [1.29, 1.82) is 0 Å². The van der Waals surface area contributed by atoms with Crippen LogP contribution in [0.15, 0.2) is 61.2 Å². The first-order valence-electron chi connectivity index (χ1n) is 13.5. The van der Waals surface area contributed by atoms with Crippen molar-refractivity contribution in [2.75, 3.05) is 16.8 Å². The number of amides is 2. The first-order chi connectivity index (χ1) is 19.5. The molecule has 2 amide bonds. The molecule has 0 saturated carbocycles. The molecule has 0 aliphatic carbocycles. The fourth-order valence-electron chi connectivity index (χ4n) is 4.76. The summed E-state index contributed by atoms with van der Waals surface area (Å²) in [6.45, 7) is 13.5. The largest absolute Gasteiger partial charge is 0.310 e. The summed E-state index contributed by atoms with van der Waals surface area (Å²) in [5.74, 6) is -0.451. The van der Waals surface area contributed by atoms with E-state index in [9.17, 15) is 18.4 Å². The summed E-state index contributed by atoms with van der Waals surface area (Å²) in [5, 5.41) is 6.40. The average Bonchev–Trinajstić information content (AvgIpc) is 3.67. The minimum absolute atomic E-state index is 0.101. The Balaban J connectivity index is 1.55. The lowest BCUT2D eigenvalue weighted by Gasteiger charge is -2.28. The van der Waals surface area contributed by atoms with Crippen molar-refractivity contribution in [1.82, 2.24) is 14.9 Å². The Labute approximate surface area is 241 Å². The molecule has 0 bridgehead atoms. The van der Waals surface area contributed by atoms with Crippen LogP contribution in [-0.4, -0.2) is 34.0 Å². The Kier molecular flexibility index (Phi) is 7.80. The van der Waals surface area contributed by atoms with Gasteiger partial charge >= 0.3 is 0 Å². The van der Waals surface area contributed by atoms with Crippen molar-refractivity contribution < 1.29 is 18.4 Å². The van der Waals surface area contributed by atoms with E-state index in [1.165, 1.54) is 18.2 Å². The monoisotopic (exact) mass is 577 g/mol. The van der Waals surface area contributed by atoms with E-state index in [-0.39, 0.29) is 33.1 Å². The predicted octanol–water partition coefficient (Wildman–Crippen LogP) is 6.88. The highest BCUT2D eigenvalue weighted by molar-refractivity contribution is 7.14. The number of aromatic nitrogens is 2. The van der Waals surface area contributed by atoms with Gasteiger partial charge in [0.1, 0.15) is 0 Å². The number of imidazole rings is 1. The van der Waals surface area contributed by atoms with Gasteiger partial charge in [-0.3, -0.25) is 19.5 Å². The van der Waals surface area contributed by atoms with Crippen LogP contribution in [0.25, 0.3) is 16.7 Å². The molecule has 0 spiro atoms. The van der Waals surface area contributed by atoms with Crippen LogP contribution in [0, 0.1) is 5.41 Å². The van der Waals surface area contributed by atoms with E-state index in [4.69, 9.17) is 4.98 Å². The summed E-state index contributed by atoms with van der Waals surface area (Å²) >= 11 is 0.752. The van der Waals surface area contributed by atoms with Gasteiger partial charge in [-0.2, -0.15) is 0 Å². The first-order valence-corrected chi connectivity index (χ1v) is 14.3. The number of anilines is 2. The number of halogens is 2. The Morgan fingerprint density at radius 1 is 1.15 bits per heavy atom. The number of nitrogens with zero attached hydrogens (tertiary/aromatic N) is 3. The van der Waals surface area contributed by atoms with E-state index in [0.717, 1.165) is 40.1 Å². The maximum absolute atomic E-state index is 13.2. The van der Waals surface area contributed by atoms with Crippen LogP contribution in [0.4, 0.5) is 20.4 Å². The molecule has 5 rings (SSSR count). The number of hydrogen-bond donors (Lipinski definition) is 2. The smallest absolute Gasteiger partial charge is 0.272 e. The van der Waals surface area contributed by atoms with Crippen molar-refractivity contribution in [2.45, 2.75) is 53.1 Å². The van der Waals surface area contributed by atoms with Crippen molar-refractivity contribution in [3.05, 3.63) is 82.1 Å². The molecule has 0 unspecified atom stereocenters. The molecule has 2 N–H and O–H groups in total. The van der Waals surface area contributed by atoms with Gasteiger partial charge in [0, 0.05) is 24.8 Å². The summed E-state index contributed by atoms with van der Waals surface area (Å²) in [5.41, 5.74) is 5.09. The van der Waals surface area contributed by atoms with Gasteiger partial charge in [-0.15, -0.1) is 11.3 Å². The van der Waals surface area contributed by atoms with E-state index in [0.29, 0.717) is 24.3 Å². The van der Waals surface area contributed by atoms with Crippen LogP contribution in [0.3, 0.4) is 0 Å². The fraction of sp³-hybridized carbons (Fsp3) is 0.323. The van der Waals surface area contributed by atoms with Crippen LogP contribution in [0.5, 0.6) is 0 Å². The van der Waals surface area contributed by atoms with Crippen molar-refractivity contribution in [3.8, 4) is 5.69 Å². The van der Waals surface area contributed by atoms with Gasteiger partial charge < -0.3 is 10.2 Å². The zero-order chi connectivity index (χ0) is 29.5. The van der Waals surface area contributed by atoms with Gasteiger partial charge in [-0.05, 0) is 72.4 Å². The Morgan fingerprint density at radius 2 is 1.93 bits per heavy atom. The van der Waals surface area contributed by atoms with Gasteiger partial charge in [-0.1, -0.05) is 39.5 Å². The fourth-order valence-corrected chi connectivity index (χ4v) is 5.52. The first kappa shape index (κ1) is 28.6. The van der Waals surface area contributed by atoms with Gasteiger partial charge in [0.25, 0.3) is 12.3 Å². The minimum Gasteiger partial charge on any atom is -0.310 e. The number of fused-ring (bicyclic) bond motifs is 2. The van der Waals surface area contributed by atoms with Crippen LogP contribution in [-0.2, 0) is 17.8 Å². The summed E-state index contributed by atoms with van der Waals surface area (Å²) in [6, 6.07) is 14.7. The predicted molar refractivity (Wildman–Crippen MR) is 160 cm³/mol. The third-order valence-corrected chi connectivity index (χ3v) is 8.68. The molecule has 10 heteroatoms. The number of alkyl halides is 2. The molecule has 4 aromatic rings. The quantitative estimate of drug-likeness (QED) is 0.224. The molecule has 3 heterocycles. The Bertz CT molecular complexity index is 1640. The van der Waals surface area contributed by atoms with Crippen molar-refractivity contribution in [3.63, 3.8) is 0 Å². The zero-order valence-electron chi connectivity index (χ0n) is 23.5. The molecule has 1 aliphatic heterocycles. The number of hydrogen-bond acceptors (Lipinski definition) is 5. The number of rotatable bonds is 8. The third kappa shape index (κ3) is 5.80. The number of nitrogens with one attached hydrogen (secondary N) is 2. The lowest BCUT2D eigenvalue weighted by atomic mass is 9.88. The molecule has 0 saturated heterocycles. The standard InChI is InChI=1S/C31H33F2N5O2S/c1-6-27(39)37-14-13-20-8-9-21(16-24(20)37)38-23-10-7-19(17-34-18(2)31(3,4)5)15-22(23)35-30(38)36-29(40)26-12-11-25(41-26)28(32)33/h6-12,15-16,18,28,34H,1,13-14,17H2,2-5H3,(H,35,36,40)/t18-/m0/s1. The molecule has 0 fully saturated rings. The minimum atomic E-state index is -2.65. The Morgan fingerprint density at radius 3 is 2.61 bits per heavy atom. The summed E-state index contributed by atoms with van der Waals surface area (Å²) in [6.07, 6.45) is -0.616. The van der Waals surface area contributed by atoms with E-state index in [2.05, 4.69) is 44.9 Å². The highest BCUT2D eigenvalue weighted by Gasteiger charge is 2.25. The highest BCUT2D eigenvalue weighted by Crippen LogP contribution is 2.34. The molecular weight excluding hydrogens is 544 g/mol. The van der Waals surface area contributed by atoms with Gasteiger partial charge in [0.15, 0.2) is 0 Å². The molecule has 2 aromatic carbocycles. The lowest BCUT2D eigenvalue weighted by molar-refractivity contribution is -0.114. The van der Waals surface area contributed by atoms with E-state index >= 15 is 0 Å². The van der Waals surface area contributed by atoms with Crippen molar-refractivity contribution >= 4 is 45.8 Å². The second kappa shape index (κ2) is 11.2. The molecule has 1 aliphatic rings. The zero-order valence-corrected chi connectivity index (χ0v) is 24.3. The molecule has 2 aromatic heterocycles. The maximum Gasteiger partial charge on any atom is 0.272 e. The van der Waals surface area contributed by atoms with Crippen molar-refractivity contribution in [2.24, 2.45) is 5.41 Å². The van der Waals surface area contributed by atoms with E-state index < -0.39 is 12.3 Å². The molecule has 1 atom stereocenters. The van der Waals surface area contributed by atoms with Crippen LogP contribution in [0.1, 0.15) is 59.8 Å². The number of thiophene rings is 1. The molecule has 0 radical (unpaired) electrons. The SMILES string of the molecule is C=CC(=O)N1CCc2ccc(-n3c(NC(=O)c4ccc(C(F)F)s4)nc4cc(CN[C@@H](C)C(C)(C)C)ccc43)cc21. The van der Waals surface area contributed by atoms with Crippen LogP contribution < -0.4 is 15.5 Å². The van der Waals surface area contributed by atoms with Gasteiger partial charge in [-0.25, -0.2) is 13.8 Å². The molecular formula is C31H33F2N5O2S. The molecule has 41 heavy (non-hydrogen) atoms. The number of benzene rings is 2. The topological polar surface area (TPSA) is 79.3 Å². The third-order valence-electron chi connectivity index (χ3n) is 7.58. The summed E-state index contributed by atoms with van der Waals surface area (Å²) in [7, 11) is 0. The molecule has 7 nitrogen and oxygen atoms in total. The summed E-state index contributed by atoms with van der Waals surface area (Å²) in [4.78, 5) is 32.1. The average molecular weight is 578 g/mol. The van der Waals surface area contributed by atoms with E-state index in [1.54, 1.807) is 4.90 Å². The molecule has 214 valence electrons. The van der Waals surface area contributed by atoms with Crippen LogP contribution >= 0.6 is 11.3 Å². The van der Waals surface area contributed by atoms with Crippen LogP contribution in [0.2, 0.25) is 0 Å². The maximum atomic E-state index is 13.2. The number of carbonyl (C=O) groups excluding carboxylic acids is 2. The normalized spacial score (nSPS) is 14.0. The van der Waals surface area contributed by atoms with Gasteiger partial charge in [0.2, 0.25) is 11.9 Å². The second-order valence-electron chi connectivity index (χ2n) is 11.3. The lowest BCUT2D eigenvalue weighted by Crippen LogP contribution is -2.37. The second-order valence-corrected chi connectivity index (χ2v) is 12.4. The highest BCUT2D eigenvalue weighted by atomic mass is 32.1. The summed E-state index contributed by atoms with van der Waals surface area (Å²) < 4.78 is 28.1. The van der Waals surface area contributed by atoms with Gasteiger partial charge in [0.05, 0.1) is 26.5 Å².